The Hall–Kier alpha value is -1.38. The lowest BCUT2D eigenvalue weighted by molar-refractivity contribution is -0.137. The van der Waals surface area contributed by atoms with E-state index in [1.165, 1.54) is 13.1 Å². The summed E-state index contributed by atoms with van der Waals surface area (Å²) in [5.41, 5.74) is 0. The predicted octanol–water partition coefficient (Wildman–Crippen LogP) is 0.142. The summed E-state index contributed by atoms with van der Waals surface area (Å²) in [5, 5.41) is 11.3. The zero-order valence-corrected chi connectivity index (χ0v) is 10.8. The van der Waals surface area contributed by atoms with Crippen molar-refractivity contribution in [2.75, 3.05) is 13.6 Å². The summed E-state index contributed by atoms with van der Waals surface area (Å²) in [4.78, 5) is 10.3. The molecule has 0 amide bonds. The molecule has 1 heterocycles. The molecule has 7 nitrogen and oxygen atoms in total. The molecule has 1 rings (SSSR count). The van der Waals surface area contributed by atoms with Crippen LogP contribution in [0.5, 0.6) is 0 Å². The van der Waals surface area contributed by atoms with Gasteiger partial charge in [0.1, 0.15) is 5.76 Å². The van der Waals surface area contributed by atoms with E-state index in [0.29, 0.717) is 25.3 Å². The summed E-state index contributed by atoms with van der Waals surface area (Å²) in [6.45, 7) is 0.889. The van der Waals surface area contributed by atoms with Crippen molar-refractivity contribution in [2.24, 2.45) is 0 Å². The fourth-order valence-corrected chi connectivity index (χ4v) is 1.94. The zero-order chi connectivity index (χ0) is 13.6. The lowest BCUT2D eigenvalue weighted by atomic mass is 10.3. The van der Waals surface area contributed by atoms with Gasteiger partial charge in [-0.15, -0.1) is 0 Å². The molecule has 0 aliphatic heterocycles. The molecule has 3 N–H and O–H groups in total. The summed E-state index contributed by atoms with van der Waals surface area (Å²) >= 11 is 0. The van der Waals surface area contributed by atoms with Gasteiger partial charge >= 0.3 is 5.97 Å². The lowest BCUT2D eigenvalue weighted by Gasteiger charge is -2.01. The maximum Gasteiger partial charge on any atom is 0.303 e. The third-order valence-electron chi connectivity index (χ3n) is 2.21. The average molecular weight is 276 g/mol. The summed E-state index contributed by atoms with van der Waals surface area (Å²) in [7, 11) is -2.24. The molecule has 18 heavy (non-hydrogen) atoms. The van der Waals surface area contributed by atoms with E-state index in [2.05, 4.69) is 10.0 Å². The Labute approximate surface area is 105 Å². The van der Waals surface area contributed by atoms with Crippen LogP contribution in [0.2, 0.25) is 0 Å². The van der Waals surface area contributed by atoms with Crippen molar-refractivity contribution in [1.29, 1.82) is 0 Å². The number of rotatable bonds is 8. The van der Waals surface area contributed by atoms with Gasteiger partial charge in [-0.2, -0.15) is 0 Å². The van der Waals surface area contributed by atoms with Gasteiger partial charge < -0.3 is 14.8 Å². The maximum absolute atomic E-state index is 11.4. The number of carbonyl (C=O) groups is 1. The summed E-state index contributed by atoms with van der Waals surface area (Å²) in [6, 6.07) is 2.94. The topological polar surface area (TPSA) is 109 Å². The molecule has 1 aromatic heterocycles. The molecular weight excluding hydrogens is 260 g/mol. The van der Waals surface area contributed by atoms with Gasteiger partial charge in [0.05, 0.1) is 6.54 Å². The van der Waals surface area contributed by atoms with Crippen LogP contribution in [0.3, 0.4) is 0 Å². The minimum atomic E-state index is -3.55. The van der Waals surface area contributed by atoms with E-state index in [0.717, 1.165) is 0 Å². The van der Waals surface area contributed by atoms with Crippen LogP contribution in [-0.2, 0) is 21.4 Å². The van der Waals surface area contributed by atoms with Crippen molar-refractivity contribution in [2.45, 2.75) is 24.5 Å². The van der Waals surface area contributed by atoms with E-state index in [1.807, 2.05) is 0 Å². The number of nitrogens with one attached hydrogen (secondary N) is 2. The predicted molar refractivity (Wildman–Crippen MR) is 63.5 cm³/mol. The van der Waals surface area contributed by atoms with Gasteiger partial charge in [0.15, 0.2) is 0 Å². The number of sulfonamides is 1. The molecule has 0 aliphatic rings. The molecule has 8 heteroatoms. The molecular formula is C10H16N2O5S. The Kier molecular flexibility index (Phi) is 5.32. The maximum atomic E-state index is 11.4. The van der Waals surface area contributed by atoms with Crippen molar-refractivity contribution in [3.8, 4) is 0 Å². The quantitative estimate of drug-likeness (QED) is 0.583. The minimum absolute atomic E-state index is 0.102. The lowest BCUT2D eigenvalue weighted by Crippen LogP contribution is -2.18. The fourth-order valence-electron chi connectivity index (χ4n) is 1.27. The van der Waals surface area contributed by atoms with E-state index in [9.17, 15) is 13.2 Å². The van der Waals surface area contributed by atoms with Crippen LogP contribution in [0.25, 0.3) is 0 Å². The van der Waals surface area contributed by atoms with Gasteiger partial charge in [0.2, 0.25) is 5.09 Å². The van der Waals surface area contributed by atoms with E-state index in [-0.39, 0.29) is 11.5 Å². The summed E-state index contributed by atoms with van der Waals surface area (Å²) in [6.07, 6.45) is 0.613. The Morgan fingerprint density at radius 1 is 1.44 bits per heavy atom. The molecule has 0 saturated heterocycles. The van der Waals surface area contributed by atoms with Gasteiger partial charge in [-0.3, -0.25) is 4.79 Å². The van der Waals surface area contributed by atoms with Crippen LogP contribution >= 0.6 is 0 Å². The molecule has 0 spiro atoms. The highest BCUT2D eigenvalue weighted by atomic mass is 32.2. The molecule has 0 unspecified atom stereocenters. The minimum Gasteiger partial charge on any atom is -0.481 e. The van der Waals surface area contributed by atoms with Crippen LogP contribution in [0.4, 0.5) is 0 Å². The molecule has 0 atom stereocenters. The largest absolute Gasteiger partial charge is 0.481 e. The van der Waals surface area contributed by atoms with Crippen LogP contribution in [0.1, 0.15) is 18.6 Å². The average Bonchev–Trinajstić information content (AvgIpc) is 2.77. The first-order valence-electron chi connectivity index (χ1n) is 5.40. The zero-order valence-electron chi connectivity index (χ0n) is 9.97. The molecule has 1 aromatic rings. The normalized spacial score (nSPS) is 11.6. The molecule has 0 bridgehead atoms. The van der Waals surface area contributed by atoms with Crippen molar-refractivity contribution < 1.29 is 22.7 Å². The number of hydrogen-bond donors (Lipinski definition) is 3. The highest BCUT2D eigenvalue weighted by molar-refractivity contribution is 7.89. The third kappa shape index (κ3) is 4.47. The Bertz CT molecular complexity index is 494. The highest BCUT2D eigenvalue weighted by Gasteiger charge is 2.15. The van der Waals surface area contributed by atoms with Crippen LogP contribution in [-0.4, -0.2) is 33.1 Å². The Morgan fingerprint density at radius 2 is 2.17 bits per heavy atom. The molecule has 0 aliphatic carbocycles. The number of furan rings is 1. The number of carboxylic acid groups (broad SMARTS) is 1. The van der Waals surface area contributed by atoms with Gasteiger partial charge in [-0.25, -0.2) is 13.1 Å². The third-order valence-corrected chi connectivity index (χ3v) is 3.50. The molecule has 102 valence electrons. The number of carboxylic acids is 1. The molecule has 0 aromatic carbocycles. The van der Waals surface area contributed by atoms with Crippen LogP contribution in [0, 0.1) is 0 Å². The van der Waals surface area contributed by atoms with E-state index < -0.39 is 16.0 Å². The van der Waals surface area contributed by atoms with Crippen LogP contribution in [0.15, 0.2) is 21.6 Å². The molecule has 0 radical (unpaired) electrons. The molecule has 0 saturated carbocycles. The van der Waals surface area contributed by atoms with Crippen molar-refractivity contribution in [3.05, 3.63) is 17.9 Å². The first kappa shape index (κ1) is 14.7. The second kappa shape index (κ2) is 6.53. The number of aliphatic carboxylic acids is 1. The van der Waals surface area contributed by atoms with Gasteiger partial charge in [-0.1, -0.05) is 0 Å². The van der Waals surface area contributed by atoms with Gasteiger partial charge in [0.25, 0.3) is 10.0 Å². The van der Waals surface area contributed by atoms with Crippen molar-refractivity contribution >= 4 is 16.0 Å². The second-order valence-electron chi connectivity index (χ2n) is 3.60. The monoisotopic (exact) mass is 276 g/mol. The summed E-state index contributed by atoms with van der Waals surface area (Å²) in [5.74, 6) is -0.351. The Balaban J connectivity index is 2.39. The van der Waals surface area contributed by atoms with Gasteiger partial charge in [-0.05, 0) is 32.1 Å². The second-order valence-corrected chi connectivity index (χ2v) is 5.42. The summed E-state index contributed by atoms with van der Waals surface area (Å²) < 4.78 is 30.0. The smallest absolute Gasteiger partial charge is 0.303 e. The fraction of sp³-hybridized carbons (Fsp3) is 0.500. The van der Waals surface area contributed by atoms with Crippen LogP contribution < -0.4 is 10.0 Å². The SMILES string of the molecule is CNS(=O)(=O)c1ccc(CNCCCC(=O)O)o1. The highest BCUT2D eigenvalue weighted by Crippen LogP contribution is 2.13. The first-order valence-corrected chi connectivity index (χ1v) is 6.89. The first-order chi connectivity index (χ1) is 8.45. The van der Waals surface area contributed by atoms with Crippen molar-refractivity contribution in [3.63, 3.8) is 0 Å². The van der Waals surface area contributed by atoms with E-state index in [1.54, 1.807) is 6.07 Å². The molecule has 0 fully saturated rings. The van der Waals surface area contributed by atoms with Crippen molar-refractivity contribution in [1.82, 2.24) is 10.0 Å². The van der Waals surface area contributed by atoms with Gasteiger partial charge in [0, 0.05) is 6.42 Å². The standard InChI is InChI=1S/C10H16N2O5S/c1-11-18(15,16)10-5-4-8(17-10)7-12-6-2-3-9(13)14/h4-5,11-12H,2-3,6-7H2,1H3,(H,13,14). The number of hydrogen-bond acceptors (Lipinski definition) is 5. The Morgan fingerprint density at radius 3 is 2.78 bits per heavy atom. The van der Waals surface area contributed by atoms with E-state index >= 15 is 0 Å². The van der Waals surface area contributed by atoms with E-state index in [4.69, 9.17) is 9.52 Å².